The van der Waals surface area contributed by atoms with Crippen molar-refractivity contribution in [1.29, 1.82) is 0 Å². The molecule has 3 aromatic rings. The molecule has 2 heterocycles. The fraction of sp³-hybridized carbons (Fsp3) is 0.167. The van der Waals surface area contributed by atoms with Crippen LogP contribution in [0.1, 0.15) is 0 Å². The van der Waals surface area contributed by atoms with E-state index in [0.29, 0.717) is 24.7 Å². The van der Waals surface area contributed by atoms with Crippen molar-refractivity contribution >= 4 is 17.5 Å². The lowest BCUT2D eigenvalue weighted by Crippen LogP contribution is -2.20. The van der Waals surface area contributed by atoms with Crippen molar-refractivity contribution in [3.63, 3.8) is 0 Å². The summed E-state index contributed by atoms with van der Waals surface area (Å²) in [6.07, 6.45) is 5.23. The molecule has 0 unspecified atom stereocenters. The number of carbonyl (C=O) groups excluding carboxylic acids is 1. The highest BCUT2D eigenvalue weighted by Gasteiger charge is 2.09. The van der Waals surface area contributed by atoms with Gasteiger partial charge in [0, 0.05) is 37.3 Å². The molecule has 7 heteroatoms. The van der Waals surface area contributed by atoms with Gasteiger partial charge in [-0.3, -0.25) is 15.0 Å². The first-order valence-electron chi connectivity index (χ1n) is 7.86. The Kier molecular flexibility index (Phi) is 5.38. The number of nitrogens with one attached hydrogen (secondary N) is 2. The second-order valence-corrected chi connectivity index (χ2v) is 5.32. The van der Waals surface area contributed by atoms with Crippen molar-refractivity contribution in [2.45, 2.75) is 6.54 Å². The highest BCUT2D eigenvalue weighted by atomic mass is 16.5. The van der Waals surface area contributed by atoms with Gasteiger partial charge in [-0.15, -0.1) is 0 Å². The Labute approximate surface area is 145 Å². The highest BCUT2D eigenvalue weighted by Crippen LogP contribution is 2.27. The maximum absolute atomic E-state index is 12.3. The van der Waals surface area contributed by atoms with Crippen molar-refractivity contribution in [3.05, 3.63) is 61.1 Å². The van der Waals surface area contributed by atoms with Crippen LogP contribution in [-0.2, 0) is 11.3 Å². The summed E-state index contributed by atoms with van der Waals surface area (Å²) in [4.78, 5) is 16.3. The minimum absolute atomic E-state index is 0.349. The molecule has 25 heavy (non-hydrogen) atoms. The number of para-hydroxylation sites is 1. The number of hydrogen-bond donors (Lipinski definition) is 2. The van der Waals surface area contributed by atoms with Gasteiger partial charge in [0.05, 0.1) is 18.8 Å². The Bertz CT molecular complexity index is 832. The molecule has 1 aromatic carbocycles. The summed E-state index contributed by atoms with van der Waals surface area (Å²) >= 11 is 0. The minimum atomic E-state index is -0.349. The van der Waals surface area contributed by atoms with E-state index in [0.717, 1.165) is 11.1 Å². The first-order chi connectivity index (χ1) is 12.3. The smallest absolute Gasteiger partial charge is 0.324 e. The van der Waals surface area contributed by atoms with E-state index in [9.17, 15) is 4.79 Å². The number of urea groups is 1. The quantitative estimate of drug-likeness (QED) is 0.723. The van der Waals surface area contributed by atoms with Crippen LogP contribution in [0.2, 0.25) is 0 Å². The normalized spacial score (nSPS) is 10.4. The molecule has 2 amide bonds. The van der Waals surface area contributed by atoms with Crippen molar-refractivity contribution in [2.75, 3.05) is 24.4 Å². The average molecular weight is 337 g/mol. The SMILES string of the molecule is COCCn1ccc(NC(=O)Nc2ccccc2-c2ccncc2)n1. The van der Waals surface area contributed by atoms with Crippen LogP contribution in [0.5, 0.6) is 0 Å². The van der Waals surface area contributed by atoms with Gasteiger partial charge in [0.1, 0.15) is 0 Å². The average Bonchev–Trinajstić information content (AvgIpc) is 3.08. The zero-order valence-electron chi connectivity index (χ0n) is 13.8. The highest BCUT2D eigenvalue weighted by molar-refractivity contribution is 6.01. The third kappa shape index (κ3) is 4.42. The molecule has 2 aromatic heterocycles. The van der Waals surface area contributed by atoms with Gasteiger partial charge >= 0.3 is 6.03 Å². The van der Waals surface area contributed by atoms with E-state index in [1.165, 1.54) is 0 Å². The summed E-state index contributed by atoms with van der Waals surface area (Å²) in [6, 6.07) is 12.8. The second kappa shape index (κ2) is 8.07. The summed E-state index contributed by atoms with van der Waals surface area (Å²) in [5, 5.41) is 9.86. The van der Waals surface area contributed by atoms with E-state index in [1.54, 1.807) is 36.4 Å². The number of benzene rings is 1. The topological polar surface area (TPSA) is 81.1 Å². The fourth-order valence-corrected chi connectivity index (χ4v) is 2.38. The molecule has 0 aliphatic heterocycles. The number of aromatic nitrogens is 3. The van der Waals surface area contributed by atoms with Crippen molar-refractivity contribution < 1.29 is 9.53 Å². The Morgan fingerprint density at radius 2 is 1.92 bits per heavy atom. The number of amides is 2. The first kappa shape index (κ1) is 16.7. The summed E-state index contributed by atoms with van der Waals surface area (Å²) in [5.74, 6) is 0.481. The van der Waals surface area contributed by atoms with Crippen LogP contribution >= 0.6 is 0 Å². The van der Waals surface area contributed by atoms with Crippen molar-refractivity contribution in [2.24, 2.45) is 0 Å². The third-order valence-corrected chi connectivity index (χ3v) is 3.57. The van der Waals surface area contributed by atoms with Crippen LogP contribution in [0, 0.1) is 0 Å². The molecule has 3 rings (SSSR count). The number of ether oxygens (including phenoxy) is 1. The molecule has 7 nitrogen and oxygen atoms in total. The number of pyridine rings is 1. The Morgan fingerprint density at radius 3 is 2.72 bits per heavy atom. The number of rotatable bonds is 6. The Hall–Kier alpha value is -3.19. The molecule has 0 spiro atoms. The molecule has 0 atom stereocenters. The van der Waals surface area contributed by atoms with Gasteiger partial charge in [0.25, 0.3) is 0 Å². The first-order valence-corrected chi connectivity index (χ1v) is 7.86. The van der Waals surface area contributed by atoms with Gasteiger partial charge in [-0.05, 0) is 23.8 Å². The minimum Gasteiger partial charge on any atom is -0.383 e. The van der Waals surface area contributed by atoms with Crippen LogP contribution in [-0.4, -0.2) is 34.5 Å². The molecule has 0 saturated heterocycles. The number of carbonyl (C=O) groups is 1. The van der Waals surface area contributed by atoms with E-state index in [4.69, 9.17) is 4.74 Å². The molecule has 0 aliphatic carbocycles. The van der Waals surface area contributed by atoms with Gasteiger partial charge in [-0.1, -0.05) is 18.2 Å². The summed E-state index contributed by atoms with van der Waals surface area (Å²) in [6.45, 7) is 1.19. The van der Waals surface area contributed by atoms with Crippen LogP contribution < -0.4 is 10.6 Å². The van der Waals surface area contributed by atoms with Crippen molar-refractivity contribution in [3.8, 4) is 11.1 Å². The molecule has 0 saturated carbocycles. The fourth-order valence-electron chi connectivity index (χ4n) is 2.38. The monoisotopic (exact) mass is 337 g/mol. The molecule has 0 fully saturated rings. The van der Waals surface area contributed by atoms with Crippen molar-refractivity contribution in [1.82, 2.24) is 14.8 Å². The summed E-state index contributed by atoms with van der Waals surface area (Å²) in [5.41, 5.74) is 2.62. The lowest BCUT2D eigenvalue weighted by atomic mass is 10.1. The van der Waals surface area contributed by atoms with E-state index in [2.05, 4.69) is 20.7 Å². The molecule has 128 valence electrons. The van der Waals surface area contributed by atoms with E-state index >= 15 is 0 Å². The largest absolute Gasteiger partial charge is 0.383 e. The van der Waals surface area contributed by atoms with Crippen LogP contribution in [0.3, 0.4) is 0 Å². The number of nitrogens with zero attached hydrogens (tertiary/aromatic N) is 3. The van der Waals surface area contributed by atoms with Gasteiger partial charge < -0.3 is 10.1 Å². The number of anilines is 2. The molecule has 0 radical (unpaired) electrons. The predicted molar refractivity (Wildman–Crippen MR) is 96.4 cm³/mol. The predicted octanol–water partition coefficient (Wildman–Crippen LogP) is 3.24. The maximum atomic E-state index is 12.3. The molecule has 0 bridgehead atoms. The van der Waals surface area contributed by atoms with Gasteiger partial charge in [-0.25, -0.2) is 4.79 Å². The number of hydrogen-bond acceptors (Lipinski definition) is 4. The zero-order valence-corrected chi connectivity index (χ0v) is 13.8. The van der Waals surface area contributed by atoms with Crippen LogP contribution in [0.25, 0.3) is 11.1 Å². The molecule has 2 N–H and O–H groups in total. The van der Waals surface area contributed by atoms with Gasteiger partial charge in [0.15, 0.2) is 5.82 Å². The van der Waals surface area contributed by atoms with E-state index in [-0.39, 0.29) is 6.03 Å². The van der Waals surface area contributed by atoms with Crippen LogP contribution in [0.4, 0.5) is 16.3 Å². The van der Waals surface area contributed by atoms with Gasteiger partial charge in [0.2, 0.25) is 0 Å². The Balaban J connectivity index is 1.68. The second-order valence-electron chi connectivity index (χ2n) is 5.32. The van der Waals surface area contributed by atoms with E-state index < -0.39 is 0 Å². The third-order valence-electron chi connectivity index (χ3n) is 3.57. The van der Waals surface area contributed by atoms with E-state index in [1.807, 2.05) is 36.4 Å². The summed E-state index contributed by atoms with van der Waals surface area (Å²) in [7, 11) is 1.64. The lowest BCUT2D eigenvalue weighted by Gasteiger charge is -2.11. The van der Waals surface area contributed by atoms with Crippen LogP contribution in [0.15, 0.2) is 61.1 Å². The number of methoxy groups -OCH3 is 1. The molecular weight excluding hydrogens is 318 g/mol. The Morgan fingerprint density at radius 1 is 1.12 bits per heavy atom. The zero-order chi connectivity index (χ0) is 17.5. The maximum Gasteiger partial charge on any atom is 0.324 e. The van der Waals surface area contributed by atoms with Gasteiger partial charge in [-0.2, -0.15) is 5.10 Å². The molecular formula is C18H19N5O2. The summed E-state index contributed by atoms with van der Waals surface area (Å²) < 4.78 is 6.72. The lowest BCUT2D eigenvalue weighted by molar-refractivity contribution is 0.183. The standard InChI is InChI=1S/C18H19N5O2/c1-25-13-12-23-11-8-17(22-23)21-18(24)20-16-5-3-2-4-15(16)14-6-9-19-10-7-14/h2-11H,12-13H2,1H3,(H2,20,21,22,24). The molecule has 0 aliphatic rings.